The van der Waals surface area contributed by atoms with Crippen LogP contribution in [0.5, 0.6) is 17.2 Å². The number of ether oxygens (including phenoxy) is 4. The van der Waals surface area contributed by atoms with Crippen molar-refractivity contribution in [1.82, 2.24) is 19.8 Å². The van der Waals surface area contributed by atoms with Gasteiger partial charge in [-0.15, -0.1) is 0 Å². The fraction of sp³-hybridized carbons (Fsp3) is 0.500. The molecule has 0 amide bonds. The van der Waals surface area contributed by atoms with E-state index in [1.165, 1.54) is 0 Å². The summed E-state index contributed by atoms with van der Waals surface area (Å²) in [5.74, 6) is 2.75. The average Bonchev–Trinajstić information content (AvgIpc) is 3.04. The molecule has 228 valence electrons. The monoisotopic (exact) mass is 585 g/mol. The highest BCUT2D eigenvalue weighted by atomic mass is 16.5. The van der Waals surface area contributed by atoms with Crippen LogP contribution in [0.1, 0.15) is 50.1 Å². The van der Waals surface area contributed by atoms with Crippen molar-refractivity contribution in [3.63, 3.8) is 0 Å². The maximum absolute atomic E-state index is 9.80. The lowest BCUT2D eigenvalue weighted by Crippen LogP contribution is -2.49. The summed E-state index contributed by atoms with van der Waals surface area (Å²) in [5, 5.41) is 9.80. The van der Waals surface area contributed by atoms with Crippen LogP contribution in [-0.2, 0) is 11.2 Å². The van der Waals surface area contributed by atoms with Gasteiger partial charge in [0.25, 0.3) is 0 Å². The molecular weight excluding hydrogens is 542 g/mol. The van der Waals surface area contributed by atoms with Crippen LogP contribution in [-0.4, -0.2) is 91.6 Å². The number of hydrogen-bond acceptors (Lipinski definition) is 9. The lowest BCUT2D eigenvalue weighted by atomic mass is 10.1. The zero-order valence-electron chi connectivity index (χ0n) is 25.6. The van der Waals surface area contributed by atoms with Gasteiger partial charge in [-0.3, -0.25) is 4.90 Å². The fourth-order valence-electron chi connectivity index (χ4n) is 5.60. The van der Waals surface area contributed by atoms with E-state index < -0.39 is 0 Å². The predicted molar refractivity (Wildman–Crippen MR) is 166 cm³/mol. The Balaban J connectivity index is 1.19. The summed E-state index contributed by atoms with van der Waals surface area (Å²) in [6, 6.07) is 16.4. The van der Waals surface area contributed by atoms with Crippen molar-refractivity contribution in [2.75, 3.05) is 59.7 Å². The molecule has 43 heavy (non-hydrogen) atoms. The van der Waals surface area contributed by atoms with E-state index in [1.807, 2.05) is 42.5 Å². The summed E-state index contributed by atoms with van der Waals surface area (Å²) in [4.78, 5) is 14.4. The molecule has 0 aliphatic carbocycles. The van der Waals surface area contributed by atoms with E-state index in [2.05, 4.69) is 34.7 Å². The predicted octanol–water partition coefficient (Wildman–Crippen LogP) is 4.97. The van der Waals surface area contributed by atoms with Crippen molar-refractivity contribution in [2.24, 2.45) is 0 Å². The van der Waals surface area contributed by atoms with Crippen LogP contribution in [0.2, 0.25) is 0 Å². The van der Waals surface area contributed by atoms with Gasteiger partial charge in [-0.1, -0.05) is 6.07 Å². The summed E-state index contributed by atoms with van der Waals surface area (Å²) in [6.07, 6.45) is 5.00. The number of rotatable bonds is 12. The van der Waals surface area contributed by atoms with Crippen LogP contribution >= 0.6 is 0 Å². The van der Waals surface area contributed by atoms with Crippen molar-refractivity contribution in [1.29, 1.82) is 5.26 Å². The molecule has 0 spiro atoms. The highest BCUT2D eigenvalue weighted by Gasteiger charge is 2.19. The molecule has 0 radical (unpaired) electrons. The number of nitriles is 1. The summed E-state index contributed by atoms with van der Waals surface area (Å²) >= 11 is 0. The maximum Gasteiger partial charge on any atom is 0.161 e. The number of methoxy groups -OCH3 is 1. The molecule has 5 rings (SSSR count). The Morgan fingerprint density at radius 1 is 1.00 bits per heavy atom. The minimum Gasteiger partial charge on any atom is -0.493 e. The highest BCUT2D eigenvalue weighted by Crippen LogP contribution is 2.30. The summed E-state index contributed by atoms with van der Waals surface area (Å²) in [5.41, 5.74) is 3.15. The van der Waals surface area contributed by atoms with Gasteiger partial charge in [0.05, 0.1) is 38.2 Å². The second kappa shape index (κ2) is 15.1. The smallest absolute Gasteiger partial charge is 0.161 e. The minimum absolute atomic E-state index is 0.0708. The molecule has 9 heteroatoms. The Bertz CT molecular complexity index is 1380. The molecule has 1 aromatic heterocycles. The van der Waals surface area contributed by atoms with Gasteiger partial charge >= 0.3 is 0 Å². The first-order valence-corrected chi connectivity index (χ1v) is 15.4. The molecule has 3 heterocycles. The third kappa shape index (κ3) is 8.44. The Kier molecular flexibility index (Phi) is 10.8. The fourth-order valence-corrected chi connectivity index (χ4v) is 5.60. The van der Waals surface area contributed by atoms with Crippen molar-refractivity contribution >= 4 is 0 Å². The standard InChI is InChI=1S/C34H43N5O4/c1-25(2)39-16-14-38(15-17-39)13-4-18-42-33-21-26(5-7-32(33)40-3)22-34-36-12-9-30(37-34)27-6-8-31(28(23-27)24-35)43-29-10-19-41-20-11-29/h5-9,12,21,23,25,29H,4,10-11,13-20,22H2,1-3H3. The zero-order chi connectivity index (χ0) is 30.0. The van der Waals surface area contributed by atoms with E-state index in [1.54, 1.807) is 13.3 Å². The quantitative estimate of drug-likeness (QED) is 0.273. The molecule has 0 unspecified atom stereocenters. The molecule has 2 saturated heterocycles. The average molecular weight is 586 g/mol. The van der Waals surface area contributed by atoms with Gasteiger partial charge < -0.3 is 23.8 Å². The largest absolute Gasteiger partial charge is 0.493 e. The summed E-state index contributed by atoms with van der Waals surface area (Å²) in [7, 11) is 1.66. The molecule has 0 bridgehead atoms. The maximum atomic E-state index is 9.80. The van der Waals surface area contributed by atoms with Crippen LogP contribution in [0.3, 0.4) is 0 Å². The van der Waals surface area contributed by atoms with Crippen LogP contribution in [0.15, 0.2) is 48.7 Å². The van der Waals surface area contributed by atoms with Crippen LogP contribution in [0.4, 0.5) is 0 Å². The first-order chi connectivity index (χ1) is 21.0. The van der Waals surface area contributed by atoms with Crippen molar-refractivity contribution in [3.8, 4) is 34.6 Å². The van der Waals surface area contributed by atoms with E-state index in [0.29, 0.717) is 49.4 Å². The van der Waals surface area contributed by atoms with Gasteiger partial charge in [0.15, 0.2) is 11.5 Å². The van der Waals surface area contributed by atoms with Gasteiger partial charge in [0.2, 0.25) is 0 Å². The third-order valence-electron chi connectivity index (χ3n) is 8.17. The number of hydrogen-bond donors (Lipinski definition) is 0. The van der Waals surface area contributed by atoms with E-state index in [-0.39, 0.29) is 6.10 Å². The second-order valence-corrected chi connectivity index (χ2v) is 11.4. The molecule has 2 aliphatic rings. The summed E-state index contributed by atoms with van der Waals surface area (Å²) in [6.45, 7) is 12.1. The molecule has 2 fully saturated rings. The minimum atomic E-state index is 0.0708. The van der Waals surface area contributed by atoms with Crippen molar-refractivity contribution in [3.05, 3.63) is 65.6 Å². The van der Waals surface area contributed by atoms with E-state index in [9.17, 15) is 5.26 Å². The van der Waals surface area contributed by atoms with E-state index >= 15 is 0 Å². The van der Waals surface area contributed by atoms with Crippen molar-refractivity contribution < 1.29 is 18.9 Å². The zero-order valence-corrected chi connectivity index (χ0v) is 25.6. The van der Waals surface area contributed by atoms with Crippen LogP contribution in [0.25, 0.3) is 11.3 Å². The SMILES string of the molecule is COc1ccc(Cc2nccc(-c3ccc(OC4CCOCC4)c(C#N)c3)n2)cc1OCCCN1CCN(C(C)C)CC1. The normalized spacial score (nSPS) is 16.6. The Morgan fingerprint density at radius 3 is 2.53 bits per heavy atom. The highest BCUT2D eigenvalue weighted by molar-refractivity contribution is 5.64. The van der Waals surface area contributed by atoms with Gasteiger partial charge in [0, 0.05) is 69.8 Å². The molecule has 0 N–H and O–H groups in total. The Morgan fingerprint density at radius 2 is 1.79 bits per heavy atom. The number of nitrogens with zero attached hydrogens (tertiary/aromatic N) is 5. The Labute approximate surface area is 255 Å². The Hall–Kier alpha value is -3.71. The van der Waals surface area contributed by atoms with Gasteiger partial charge in [0.1, 0.15) is 23.7 Å². The lowest BCUT2D eigenvalue weighted by molar-refractivity contribution is 0.0254. The molecule has 2 aromatic carbocycles. The van der Waals surface area contributed by atoms with E-state index in [4.69, 9.17) is 23.9 Å². The molecule has 0 atom stereocenters. The molecule has 9 nitrogen and oxygen atoms in total. The van der Waals surface area contributed by atoms with Gasteiger partial charge in [-0.05, 0) is 62.2 Å². The van der Waals surface area contributed by atoms with Gasteiger partial charge in [-0.25, -0.2) is 9.97 Å². The van der Waals surface area contributed by atoms with Gasteiger partial charge in [-0.2, -0.15) is 5.26 Å². The number of piperazine rings is 1. The topological polar surface area (TPSA) is 93.0 Å². The van der Waals surface area contributed by atoms with Crippen LogP contribution in [0, 0.1) is 11.3 Å². The molecular formula is C34H43N5O4. The van der Waals surface area contributed by atoms with E-state index in [0.717, 1.165) is 80.3 Å². The first-order valence-electron chi connectivity index (χ1n) is 15.4. The summed E-state index contributed by atoms with van der Waals surface area (Å²) < 4.78 is 23.3. The van der Waals surface area contributed by atoms with Crippen molar-refractivity contribution in [2.45, 2.75) is 51.7 Å². The second-order valence-electron chi connectivity index (χ2n) is 11.4. The van der Waals surface area contributed by atoms with Crippen LogP contribution < -0.4 is 14.2 Å². The molecule has 2 aliphatic heterocycles. The molecule has 3 aromatic rings. The lowest BCUT2D eigenvalue weighted by Gasteiger charge is -2.36. The third-order valence-corrected chi connectivity index (χ3v) is 8.17. The number of benzene rings is 2. The number of aromatic nitrogens is 2. The first kappa shape index (κ1) is 30.7. The molecule has 0 saturated carbocycles.